The second-order valence-electron chi connectivity index (χ2n) is 5.91. The SMILES string of the molecule is COC(=O)c1cc(Br)ccc1NC(=O)COc1ccc(-c2ccccc2)cc1. The topological polar surface area (TPSA) is 64.6 Å². The van der Waals surface area contributed by atoms with Gasteiger partial charge in [-0.15, -0.1) is 0 Å². The van der Waals surface area contributed by atoms with Crippen molar-refractivity contribution >= 4 is 33.5 Å². The van der Waals surface area contributed by atoms with E-state index >= 15 is 0 Å². The molecular formula is C22H18BrNO4. The van der Waals surface area contributed by atoms with E-state index in [4.69, 9.17) is 9.47 Å². The lowest BCUT2D eigenvalue weighted by atomic mass is 10.1. The quantitative estimate of drug-likeness (QED) is 0.553. The highest BCUT2D eigenvalue weighted by atomic mass is 79.9. The molecule has 3 aromatic carbocycles. The molecule has 0 aliphatic rings. The molecular weight excluding hydrogens is 422 g/mol. The van der Waals surface area contributed by atoms with Crippen LogP contribution in [0.4, 0.5) is 5.69 Å². The maximum absolute atomic E-state index is 12.2. The predicted molar refractivity (Wildman–Crippen MR) is 111 cm³/mol. The van der Waals surface area contributed by atoms with E-state index in [2.05, 4.69) is 21.2 Å². The van der Waals surface area contributed by atoms with E-state index < -0.39 is 5.97 Å². The molecule has 0 saturated heterocycles. The monoisotopic (exact) mass is 439 g/mol. The van der Waals surface area contributed by atoms with Gasteiger partial charge in [0, 0.05) is 4.47 Å². The second kappa shape index (κ2) is 9.19. The summed E-state index contributed by atoms with van der Waals surface area (Å²) in [6, 6.07) is 22.4. The lowest BCUT2D eigenvalue weighted by Crippen LogP contribution is -2.21. The Hall–Kier alpha value is -3.12. The molecule has 0 unspecified atom stereocenters. The highest BCUT2D eigenvalue weighted by Gasteiger charge is 2.15. The van der Waals surface area contributed by atoms with Crippen LogP contribution in [0.2, 0.25) is 0 Å². The number of methoxy groups -OCH3 is 1. The molecule has 142 valence electrons. The third-order valence-electron chi connectivity index (χ3n) is 3.99. The van der Waals surface area contributed by atoms with Crippen LogP contribution in [-0.2, 0) is 9.53 Å². The number of ether oxygens (including phenoxy) is 2. The van der Waals surface area contributed by atoms with Gasteiger partial charge in [-0.05, 0) is 41.5 Å². The van der Waals surface area contributed by atoms with Crippen LogP contribution < -0.4 is 10.1 Å². The third kappa shape index (κ3) is 4.98. The van der Waals surface area contributed by atoms with Crippen molar-refractivity contribution in [3.63, 3.8) is 0 Å². The molecule has 5 nitrogen and oxygen atoms in total. The van der Waals surface area contributed by atoms with E-state index in [-0.39, 0.29) is 18.1 Å². The van der Waals surface area contributed by atoms with Crippen LogP contribution in [0, 0.1) is 0 Å². The zero-order chi connectivity index (χ0) is 19.9. The van der Waals surface area contributed by atoms with Crippen molar-refractivity contribution in [1.29, 1.82) is 0 Å². The maximum atomic E-state index is 12.2. The summed E-state index contributed by atoms with van der Waals surface area (Å²) in [7, 11) is 1.29. The largest absolute Gasteiger partial charge is 0.484 e. The number of halogens is 1. The number of hydrogen-bond donors (Lipinski definition) is 1. The summed E-state index contributed by atoms with van der Waals surface area (Å²) in [5.74, 6) is -0.326. The zero-order valence-electron chi connectivity index (χ0n) is 15.1. The van der Waals surface area contributed by atoms with Gasteiger partial charge in [-0.3, -0.25) is 4.79 Å². The molecule has 0 atom stereocenters. The van der Waals surface area contributed by atoms with Crippen LogP contribution in [-0.4, -0.2) is 25.6 Å². The molecule has 0 saturated carbocycles. The molecule has 0 fully saturated rings. The van der Waals surface area contributed by atoms with Crippen LogP contribution in [0.15, 0.2) is 77.3 Å². The number of rotatable bonds is 6. The molecule has 1 N–H and O–H groups in total. The van der Waals surface area contributed by atoms with Crippen LogP contribution >= 0.6 is 15.9 Å². The summed E-state index contributed by atoms with van der Waals surface area (Å²) in [5, 5.41) is 2.67. The first-order chi connectivity index (χ1) is 13.6. The number of anilines is 1. The lowest BCUT2D eigenvalue weighted by Gasteiger charge is -2.11. The first kappa shape index (κ1) is 19.6. The molecule has 0 aliphatic carbocycles. The lowest BCUT2D eigenvalue weighted by molar-refractivity contribution is -0.118. The fourth-order valence-electron chi connectivity index (χ4n) is 2.61. The van der Waals surface area contributed by atoms with Crippen LogP contribution in [0.3, 0.4) is 0 Å². The average Bonchev–Trinajstić information content (AvgIpc) is 2.74. The number of benzene rings is 3. The number of nitrogens with one attached hydrogen (secondary N) is 1. The molecule has 3 rings (SSSR count). The van der Waals surface area contributed by atoms with Crippen molar-refractivity contribution in [2.24, 2.45) is 0 Å². The maximum Gasteiger partial charge on any atom is 0.340 e. The Morgan fingerprint density at radius 3 is 2.29 bits per heavy atom. The summed E-state index contributed by atoms with van der Waals surface area (Å²) in [6.45, 7) is -0.179. The minimum atomic E-state index is -0.533. The summed E-state index contributed by atoms with van der Waals surface area (Å²) >= 11 is 3.30. The molecule has 0 spiro atoms. The van der Waals surface area contributed by atoms with Gasteiger partial charge in [0.2, 0.25) is 0 Å². The summed E-state index contributed by atoms with van der Waals surface area (Å²) in [6.07, 6.45) is 0. The van der Waals surface area contributed by atoms with E-state index in [1.807, 2.05) is 54.6 Å². The van der Waals surface area contributed by atoms with E-state index in [0.717, 1.165) is 11.1 Å². The van der Waals surface area contributed by atoms with Gasteiger partial charge in [0.15, 0.2) is 6.61 Å². The molecule has 1 amide bonds. The predicted octanol–water partition coefficient (Wildman–Crippen LogP) is 4.92. The highest BCUT2D eigenvalue weighted by molar-refractivity contribution is 9.10. The average molecular weight is 440 g/mol. The number of hydrogen-bond acceptors (Lipinski definition) is 4. The molecule has 28 heavy (non-hydrogen) atoms. The first-order valence-electron chi connectivity index (χ1n) is 8.53. The van der Waals surface area contributed by atoms with Crippen molar-refractivity contribution in [3.05, 3.63) is 82.8 Å². The number of amides is 1. The number of carbonyl (C=O) groups excluding carboxylic acids is 2. The first-order valence-corrected chi connectivity index (χ1v) is 9.32. The van der Waals surface area contributed by atoms with Crippen molar-refractivity contribution < 1.29 is 19.1 Å². The summed E-state index contributed by atoms with van der Waals surface area (Å²) in [4.78, 5) is 24.1. The summed E-state index contributed by atoms with van der Waals surface area (Å²) in [5.41, 5.74) is 2.80. The fraction of sp³-hybridized carbons (Fsp3) is 0.0909. The van der Waals surface area contributed by atoms with Crippen molar-refractivity contribution in [2.75, 3.05) is 19.0 Å². The van der Waals surface area contributed by atoms with Gasteiger partial charge >= 0.3 is 5.97 Å². The van der Waals surface area contributed by atoms with Gasteiger partial charge < -0.3 is 14.8 Å². The van der Waals surface area contributed by atoms with Crippen LogP contribution in [0.1, 0.15) is 10.4 Å². The van der Waals surface area contributed by atoms with Crippen molar-refractivity contribution in [1.82, 2.24) is 0 Å². The normalized spacial score (nSPS) is 10.2. The van der Waals surface area contributed by atoms with Crippen molar-refractivity contribution in [2.45, 2.75) is 0 Å². The molecule has 0 radical (unpaired) electrons. The van der Waals surface area contributed by atoms with Gasteiger partial charge in [-0.2, -0.15) is 0 Å². The zero-order valence-corrected chi connectivity index (χ0v) is 16.7. The van der Waals surface area contributed by atoms with Gasteiger partial charge in [0.1, 0.15) is 5.75 Å². The highest BCUT2D eigenvalue weighted by Crippen LogP contribution is 2.23. The summed E-state index contributed by atoms with van der Waals surface area (Å²) < 4.78 is 11.0. The molecule has 0 bridgehead atoms. The Morgan fingerprint density at radius 1 is 0.929 bits per heavy atom. The Bertz CT molecular complexity index is 972. The van der Waals surface area contributed by atoms with E-state index in [0.29, 0.717) is 15.9 Å². The molecule has 0 heterocycles. The Balaban J connectivity index is 1.61. The molecule has 3 aromatic rings. The number of carbonyl (C=O) groups is 2. The Morgan fingerprint density at radius 2 is 1.61 bits per heavy atom. The van der Waals surface area contributed by atoms with Gasteiger partial charge in [0.25, 0.3) is 5.91 Å². The van der Waals surface area contributed by atoms with Gasteiger partial charge in [-0.25, -0.2) is 4.79 Å². The van der Waals surface area contributed by atoms with Crippen LogP contribution in [0.5, 0.6) is 5.75 Å². The molecule has 0 aromatic heterocycles. The fourth-order valence-corrected chi connectivity index (χ4v) is 2.97. The second-order valence-corrected chi connectivity index (χ2v) is 6.82. The third-order valence-corrected chi connectivity index (χ3v) is 4.49. The van der Waals surface area contributed by atoms with E-state index in [1.54, 1.807) is 18.2 Å². The minimum Gasteiger partial charge on any atom is -0.484 e. The Labute approximate surface area is 171 Å². The minimum absolute atomic E-state index is 0.179. The standard InChI is InChI=1S/C22H18BrNO4/c1-27-22(26)19-13-17(23)9-12-20(19)24-21(25)14-28-18-10-7-16(8-11-18)15-5-3-2-4-6-15/h2-13H,14H2,1H3,(H,24,25). The van der Waals surface area contributed by atoms with Crippen LogP contribution in [0.25, 0.3) is 11.1 Å². The smallest absolute Gasteiger partial charge is 0.340 e. The van der Waals surface area contributed by atoms with Gasteiger partial charge in [-0.1, -0.05) is 58.4 Å². The van der Waals surface area contributed by atoms with E-state index in [9.17, 15) is 9.59 Å². The molecule has 6 heteroatoms. The Kier molecular flexibility index (Phi) is 6.45. The molecule has 0 aliphatic heterocycles. The van der Waals surface area contributed by atoms with E-state index in [1.165, 1.54) is 7.11 Å². The van der Waals surface area contributed by atoms with Crippen molar-refractivity contribution in [3.8, 4) is 16.9 Å². The van der Waals surface area contributed by atoms with Gasteiger partial charge in [0.05, 0.1) is 18.4 Å². The number of esters is 1.